The standard InChI is InChI=1S/C23H24N4O2S/c1-2-16-8-3-4-9-17(16)25-20(28)12-14-27-22(19-11-7-15-29-19)21(26-23(27)30)18-10-5-6-13-24-18/h3-11,13,15,21-22H,2,12,14H2,1H3,(H,25,28)(H,26,30)/t21-,22+/m0/s1. The Hall–Kier alpha value is -3.19. The van der Waals surface area contributed by atoms with Crippen molar-refractivity contribution in [3.8, 4) is 0 Å². The number of aromatic nitrogens is 1. The Labute approximate surface area is 181 Å². The zero-order valence-electron chi connectivity index (χ0n) is 16.7. The number of rotatable bonds is 7. The number of hydrogen-bond acceptors (Lipinski definition) is 4. The maximum absolute atomic E-state index is 12.7. The fraction of sp³-hybridized carbons (Fsp3) is 0.261. The zero-order valence-corrected chi connectivity index (χ0v) is 17.6. The number of nitrogens with one attached hydrogen (secondary N) is 2. The number of hydrogen-bond donors (Lipinski definition) is 2. The van der Waals surface area contributed by atoms with E-state index in [9.17, 15) is 4.79 Å². The van der Waals surface area contributed by atoms with Gasteiger partial charge in [-0.15, -0.1) is 0 Å². The van der Waals surface area contributed by atoms with Crippen LogP contribution in [0.2, 0.25) is 0 Å². The average molecular weight is 421 g/mol. The molecule has 0 radical (unpaired) electrons. The Morgan fingerprint density at radius 2 is 2.03 bits per heavy atom. The molecular formula is C23H24N4O2S. The van der Waals surface area contributed by atoms with Crippen molar-refractivity contribution in [2.75, 3.05) is 11.9 Å². The molecule has 0 aliphatic carbocycles. The number of thiocarbonyl (C=S) groups is 1. The number of amides is 1. The summed E-state index contributed by atoms with van der Waals surface area (Å²) in [5.74, 6) is 0.743. The summed E-state index contributed by atoms with van der Waals surface area (Å²) in [4.78, 5) is 19.2. The van der Waals surface area contributed by atoms with E-state index in [1.807, 2.05) is 59.5 Å². The predicted molar refractivity (Wildman–Crippen MR) is 120 cm³/mol. The van der Waals surface area contributed by atoms with Crippen molar-refractivity contribution >= 4 is 28.9 Å². The van der Waals surface area contributed by atoms with E-state index in [2.05, 4.69) is 22.5 Å². The van der Waals surface area contributed by atoms with Crippen LogP contribution in [0.4, 0.5) is 5.69 Å². The maximum Gasteiger partial charge on any atom is 0.226 e. The van der Waals surface area contributed by atoms with Crippen LogP contribution in [-0.2, 0) is 11.2 Å². The number of furan rings is 1. The molecular weight excluding hydrogens is 396 g/mol. The van der Waals surface area contributed by atoms with E-state index in [4.69, 9.17) is 16.6 Å². The largest absolute Gasteiger partial charge is 0.467 e. The first-order valence-corrected chi connectivity index (χ1v) is 10.5. The summed E-state index contributed by atoms with van der Waals surface area (Å²) in [6.45, 7) is 2.55. The molecule has 1 aliphatic heterocycles. The van der Waals surface area contributed by atoms with Crippen LogP contribution >= 0.6 is 12.2 Å². The average Bonchev–Trinajstić information content (AvgIpc) is 3.41. The Bertz CT molecular complexity index is 1010. The van der Waals surface area contributed by atoms with E-state index < -0.39 is 0 Å². The Morgan fingerprint density at radius 3 is 2.77 bits per heavy atom. The topological polar surface area (TPSA) is 70.4 Å². The predicted octanol–water partition coefficient (Wildman–Crippen LogP) is 4.24. The highest BCUT2D eigenvalue weighted by molar-refractivity contribution is 7.80. The second-order valence-corrected chi connectivity index (χ2v) is 7.53. The third-order valence-electron chi connectivity index (χ3n) is 5.28. The monoisotopic (exact) mass is 420 g/mol. The molecule has 30 heavy (non-hydrogen) atoms. The highest BCUT2D eigenvalue weighted by Gasteiger charge is 2.41. The molecule has 0 bridgehead atoms. The van der Waals surface area contributed by atoms with Gasteiger partial charge in [0.2, 0.25) is 5.91 Å². The molecule has 0 saturated carbocycles. The quantitative estimate of drug-likeness (QED) is 0.557. The molecule has 6 nitrogen and oxygen atoms in total. The number of pyridine rings is 1. The van der Waals surface area contributed by atoms with Gasteiger partial charge in [-0.2, -0.15) is 0 Å². The van der Waals surface area contributed by atoms with Crippen LogP contribution < -0.4 is 10.6 Å². The van der Waals surface area contributed by atoms with E-state index >= 15 is 0 Å². The lowest BCUT2D eigenvalue weighted by Crippen LogP contribution is -2.32. The van der Waals surface area contributed by atoms with Crippen molar-refractivity contribution in [1.29, 1.82) is 0 Å². The summed E-state index contributed by atoms with van der Waals surface area (Å²) >= 11 is 5.60. The fourth-order valence-corrected chi connectivity index (χ4v) is 4.13. The molecule has 1 amide bonds. The molecule has 1 fully saturated rings. The van der Waals surface area contributed by atoms with Crippen LogP contribution in [0.1, 0.15) is 42.4 Å². The van der Waals surface area contributed by atoms with Crippen LogP contribution in [0.3, 0.4) is 0 Å². The molecule has 3 heterocycles. The molecule has 3 aromatic rings. The second kappa shape index (κ2) is 9.09. The zero-order chi connectivity index (χ0) is 20.9. The minimum Gasteiger partial charge on any atom is -0.467 e. The normalized spacial score (nSPS) is 18.3. The molecule has 2 atom stereocenters. The first-order valence-electron chi connectivity index (χ1n) is 10.1. The summed E-state index contributed by atoms with van der Waals surface area (Å²) in [6, 6.07) is 17.1. The minimum atomic E-state index is -0.168. The highest BCUT2D eigenvalue weighted by Crippen LogP contribution is 2.38. The maximum atomic E-state index is 12.7. The number of anilines is 1. The van der Waals surface area contributed by atoms with Gasteiger partial charge in [0.05, 0.1) is 18.0 Å². The third kappa shape index (κ3) is 4.21. The molecule has 0 unspecified atom stereocenters. The lowest BCUT2D eigenvalue weighted by Gasteiger charge is -2.25. The number of carbonyl (C=O) groups excluding carboxylic acids is 1. The van der Waals surface area contributed by atoms with Crippen molar-refractivity contribution in [1.82, 2.24) is 15.2 Å². The van der Waals surface area contributed by atoms with Gasteiger partial charge >= 0.3 is 0 Å². The van der Waals surface area contributed by atoms with Crippen LogP contribution in [-0.4, -0.2) is 27.4 Å². The van der Waals surface area contributed by atoms with E-state index in [0.29, 0.717) is 18.1 Å². The van der Waals surface area contributed by atoms with E-state index in [0.717, 1.165) is 29.1 Å². The summed E-state index contributed by atoms with van der Waals surface area (Å²) in [5.41, 5.74) is 2.86. The van der Waals surface area contributed by atoms with Gasteiger partial charge in [0.15, 0.2) is 5.11 Å². The SMILES string of the molecule is CCc1ccccc1NC(=O)CCN1C(=S)N[C@@H](c2ccccn2)[C@H]1c1ccco1. The van der Waals surface area contributed by atoms with Crippen molar-refractivity contribution < 1.29 is 9.21 Å². The lowest BCUT2D eigenvalue weighted by molar-refractivity contribution is -0.116. The van der Waals surface area contributed by atoms with Gasteiger partial charge in [0, 0.05) is 24.8 Å². The van der Waals surface area contributed by atoms with Gasteiger partial charge in [0.1, 0.15) is 11.8 Å². The van der Waals surface area contributed by atoms with Gasteiger partial charge in [-0.05, 0) is 54.5 Å². The van der Waals surface area contributed by atoms with E-state index in [-0.39, 0.29) is 18.0 Å². The molecule has 154 valence electrons. The van der Waals surface area contributed by atoms with Crippen molar-refractivity contribution in [2.24, 2.45) is 0 Å². The molecule has 1 aliphatic rings. The van der Waals surface area contributed by atoms with Crippen LogP contribution in [0, 0.1) is 0 Å². The van der Waals surface area contributed by atoms with Crippen molar-refractivity contribution in [2.45, 2.75) is 31.8 Å². The number of benzene rings is 1. The van der Waals surface area contributed by atoms with Gasteiger partial charge in [-0.25, -0.2) is 0 Å². The fourth-order valence-electron chi connectivity index (χ4n) is 3.80. The molecule has 4 rings (SSSR count). The van der Waals surface area contributed by atoms with E-state index in [1.54, 1.807) is 12.5 Å². The summed E-state index contributed by atoms with van der Waals surface area (Å²) < 4.78 is 5.71. The second-order valence-electron chi connectivity index (χ2n) is 7.14. The van der Waals surface area contributed by atoms with Crippen molar-refractivity contribution in [3.05, 3.63) is 84.1 Å². The van der Waals surface area contributed by atoms with Gasteiger partial charge in [-0.1, -0.05) is 31.2 Å². The summed E-state index contributed by atoms with van der Waals surface area (Å²) in [7, 11) is 0. The third-order valence-corrected chi connectivity index (χ3v) is 5.64. The van der Waals surface area contributed by atoms with Gasteiger partial charge in [-0.3, -0.25) is 9.78 Å². The highest BCUT2D eigenvalue weighted by atomic mass is 32.1. The first kappa shape index (κ1) is 20.1. The Kier molecular flexibility index (Phi) is 6.09. The molecule has 7 heteroatoms. The minimum absolute atomic E-state index is 0.0434. The van der Waals surface area contributed by atoms with Gasteiger partial charge < -0.3 is 20.0 Å². The first-order chi connectivity index (χ1) is 14.7. The lowest BCUT2D eigenvalue weighted by atomic mass is 10.0. The molecule has 0 spiro atoms. The molecule has 2 aromatic heterocycles. The number of aryl methyl sites for hydroxylation is 1. The van der Waals surface area contributed by atoms with Crippen molar-refractivity contribution in [3.63, 3.8) is 0 Å². The Morgan fingerprint density at radius 1 is 1.20 bits per heavy atom. The summed E-state index contributed by atoms with van der Waals surface area (Å²) in [5, 5.41) is 6.97. The summed E-state index contributed by atoms with van der Waals surface area (Å²) in [6.07, 6.45) is 4.59. The van der Waals surface area contributed by atoms with Crippen LogP contribution in [0.15, 0.2) is 71.5 Å². The molecule has 1 saturated heterocycles. The number of nitrogens with zero attached hydrogens (tertiary/aromatic N) is 2. The Balaban J connectivity index is 1.49. The van der Waals surface area contributed by atoms with Crippen LogP contribution in [0.5, 0.6) is 0 Å². The number of carbonyl (C=O) groups is 1. The van der Waals surface area contributed by atoms with E-state index in [1.165, 1.54) is 0 Å². The number of para-hydroxylation sites is 1. The van der Waals surface area contributed by atoms with Gasteiger partial charge in [0.25, 0.3) is 0 Å². The molecule has 2 N–H and O–H groups in total. The smallest absolute Gasteiger partial charge is 0.226 e. The van der Waals surface area contributed by atoms with Crippen LogP contribution in [0.25, 0.3) is 0 Å². The molecule has 1 aromatic carbocycles.